The highest BCUT2D eigenvalue weighted by Crippen LogP contribution is 2.30. The van der Waals surface area contributed by atoms with Crippen LogP contribution in [0.2, 0.25) is 10.0 Å². The summed E-state index contributed by atoms with van der Waals surface area (Å²) in [5.41, 5.74) is 0.214. The van der Waals surface area contributed by atoms with Crippen molar-refractivity contribution in [2.75, 3.05) is 26.1 Å². The van der Waals surface area contributed by atoms with E-state index in [0.29, 0.717) is 5.75 Å². The van der Waals surface area contributed by atoms with Crippen LogP contribution in [-0.2, 0) is 14.8 Å². The molecule has 7 nitrogen and oxygen atoms in total. The van der Waals surface area contributed by atoms with Gasteiger partial charge < -0.3 is 14.8 Å². The number of amides is 1. The van der Waals surface area contributed by atoms with Crippen LogP contribution in [0.3, 0.4) is 0 Å². The highest BCUT2D eigenvalue weighted by molar-refractivity contribution is 7.89. The average Bonchev–Trinajstić information content (AvgIpc) is 2.62. The molecule has 0 atom stereocenters. The fourth-order valence-electron chi connectivity index (χ4n) is 2.03. The molecular formula is C16H16Cl2N2O5S. The number of halogens is 2. The fraction of sp³-hybridized carbons (Fsp3) is 0.188. The van der Waals surface area contributed by atoms with Crippen molar-refractivity contribution in [1.29, 1.82) is 0 Å². The number of benzene rings is 2. The minimum atomic E-state index is -3.94. The second-order valence-electron chi connectivity index (χ2n) is 4.99. The molecule has 0 aliphatic heterocycles. The van der Waals surface area contributed by atoms with Crippen molar-refractivity contribution in [3.63, 3.8) is 0 Å². The quantitative estimate of drug-likeness (QED) is 0.720. The summed E-state index contributed by atoms with van der Waals surface area (Å²) in [6.07, 6.45) is 0. The Hall–Kier alpha value is -2.00. The maximum Gasteiger partial charge on any atom is 0.241 e. The third kappa shape index (κ3) is 4.79. The Morgan fingerprint density at radius 2 is 1.65 bits per heavy atom. The van der Waals surface area contributed by atoms with Gasteiger partial charge in [0.2, 0.25) is 15.9 Å². The Bertz CT molecular complexity index is 899. The maximum absolute atomic E-state index is 12.4. The van der Waals surface area contributed by atoms with Crippen LogP contribution < -0.4 is 19.5 Å². The molecule has 0 saturated carbocycles. The van der Waals surface area contributed by atoms with E-state index in [1.165, 1.54) is 32.4 Å². The monoisotopic (exact) mass is 418 g/mol. The van der Waals surface area contributed by atoms with Gasteiger partial charge in [-0.15, -0.1) is 0 Å². The van der Waals surface area contributed by atoms with Crippen molar-refractivity contribution < 1.29 is 22.7 Å². The van der Waals surface area contributed by atoms with Gasteiger partial charge in [0, 0.05) is 6.07 Å². The summed E-state index contributed by atoms with van der Waals surface area (Å²) in [7, 11) is -1.11. The van der Waals surface area contributed by atoms with Crippen LogP contribution in [0.5, 0.6) is 11.5 Å². The van der Waals surface area contributed by atoms with Crippen LogP contribution >= 0.6 is 23.2 Å². The largest absolute Gasteiger partial charge is 0.493 e. The molecule has 0 aliphatic carbocycles. The first-order valence-electron chi connectivity index (χ1n) is 7.24. The molecule has 140 valence electrons. The number of ether oxygens (including phenoxy) is 2. The van der Waals surface area contributed by atoms with E-state index in [9.17, 15) is 13.2 Å². The van der Waals surface area contributed by atoms with Gasteiger partial charge in [0.15, 0.2) is 11.5 Å². The van der Waals surface area contributed by atoms with Gasteiger partial charge in [-0.1, -0.05) is 29.3 Å². The van der Waals surface area contributed by atoms with Gasteiger partial charge in [-0.2, -0.15) is 0 Å². The molecular weight excluding hydrogens is 403 g/mol. The summed E-state index contributed by atoms with van der Waals surface area (Å²) < 4.78 is 37.0. The van der Waals surface area contributed by atoms with E-state index in [4.69, 9.17) is 32.7 Å². The molecule has 2 N–H and O–H groups in total. The Balaban J connectivity index is 2.09. The van der Waals surface area contributed by atoms with E-state index in [1.807, 2.05) is 0 Å². The summed E-state index contributed by atoms with van der Waals surface area (Å²) in [6.45, 7) is -0.502. The number of rotatable bonds is 7. The Morgan fingerprint density at radius 1 is 1.04 bits per heavy atom. The van der Waals surface area contributed by atoms with Crippen molar-refractivity contribution in [3.05, 3.63) is 46.4 Å². The lowest BCUT2D eigenvalue weighted by atomic mass is 10.3. The third-order valence-electron chi connectivity index (χ3n) is 3.32. The number of anilines is 1. The van der Waals surface area contributed by atoms with Crippen LogP contribution in [0, 0.1) is 0 Å². The zero-order chi connectivity index (χ0) is 19.3. The van der Waals surface area contributed by atoms with E-state index in [2.05, 4.69) is 10.0 Å². The smallest absolute Gasteiger partial charge is 0.241 e. The van der Waals surface area contributed by atoms with E-state index < -0.39 is 22.5 Å². The number of nitrogens with one attached hydrogen (secondary N) is 2. The molecule has 0 radical (unpaired) electrons. The molecule has 0 aromatic heterocycles. The van der Waals surface area contributed by atoms with Crippen molar-refractivity contribution in [2.24, 2.45) is 0 Å². The molecule has 2 aromatic carbocycles. The molecule has 0 unspecified atom stereocenters. The van der Waals surface area contributed by atoms with Crippen molar-refractivity contribution in [1.82, 2.24) is 4.72 Å². The number of carbonyl (C=O) groups excluding carboxylic acids is 1. The minimum Gasteiger partial charge on any atom is -0.493 e. The molecule has 0 heterocycles. The number of carbonyl (C=O) groups is 1. The molecule has 0 spiro atoms. The van der Waals surface area contributed by atoms with Gasteiger partial charge in [-0.05, 0) is 24.3 Å². The standard InChI is InChI=1S/C16H16Cl2N2O5S/c1-24-13-7-6-10(8-14(13)25-2)26(22,23)19-9-15(21)20-16-11(17)4-3-5-12(16)18/h3-8,19H,9H2,1-2H3,(H,20,21). The highest BCUT2D eigenvalue weighted by Gasteiger charge is 2.19. The van der Waals surface area contributed by atoms with Crippen molar-refractivity contribution in [3.8, 4) is 11.5 Å². The molecule has 0 saturated heterocycles. The predicted octanol–water partition coefficient (Wildman–Crippen LogP) is 2.93. The van der Waals surface area contributed by atoms with Gasteiger partial charge >= 0.3 is 0 Å². The lowest BCUT2D eigenvalue weighted by molar-refractivity contribution is -0.115. The first-order valence-corrected chi connectivity index (χ1v) is 9.48. The van der Waals surface area contributed by atoms with Crippen LogP contribution in [-0.4, -0.2) is 35.1 Å². The number of hydrogen-bond acceptors (Lipinski definition) is 5. The molecule has 2 aromatic rings. The van der Waals surface area contributed by atoms with E-state index >= 15 is 0 Å². The zero-order valence-corrected chi connectivity index (χ0v) is 16.2. The lowest BCUT2D eigenvalue weighted by Crippen LogP contribution is -2.33. The topological polar surface area (TPSA) is 93.7 Å². The highest BCUT2D eigenvalue weighted by atomic mass is 35.5. The first-order chi connectivity index (χ1) is 12.3. The van der Waals surface area contributed by atoms with Crippen LogP contribution in [0.1, 0.15) is 0 Å². The summed E-state index contributed by atoms with van der Waals surface area (Å²) in [5, 5.41) is 2.96. The van der Waals surface area contributed by atoms with Gasteiger partial charge in [0.1, 0.15) is 0 Å². The van der Waals surface area contributed by atoms with Gasteiger partial charge in [0.05, 0.1) is 41.4 Å². The van der Waals surface area contributed by atoms with Gasteiger partial charge in [0.25, 0.3) is 0 Å². The Morgan fingerprint density at radius 3 is 2.23 bits per heavy atom. The summed E-state index contributed by atoms with van der Waals surface area (Å²) in [4.78, 5) is 11.9. The second-order valence-corrected chi connectivity index (χ2v) is 7.57. The second kappa shape index (κ2) is 8.59. The Labute approximate surface area is 161 Å². The minimum absolute atomic E-state index is 0.0706. The molecule has 0 fully saturated rings. The van der Waals surface area contributed by atoms with Crippen LogP contribution in [0.4, 0.5) is 5.69 Å². The maximum atomic E-state index is 12.4. The molecule has 2 rings (SSSR count). The van der Waals surface area contributed by atoms with Gasteiger partial charge in [-0.3, -0.25) is 4.79 Å². The number of sulfonamides is 1. The predicted molar refractivity (Wildman–Crippen MR) is 99.8 cm³/mol. The van der Waals surface area contributed by atoms with Crippen molar-refractivity contribution in [2.45, 2.75) is 4.90 Å². The van der Waals surface area contributed by atoms with Crippen molar-refractivity contribution >= 4 is 44.8 Å². The molecule has 0 bridgehead atoms. The zero-order valence-electron chi connectivity index (χ0n) is 13.9. The fourth-order valence-corrected chi connectivity index (χ4v) is 3.52. The number of para-hydroxylation sites is 1. The van der Waals surface area contributed by atoms with E-state index in [1.54, 1.807) is 18.2 Å². The number of hydrogen-bond donors (Lipinski definition) is 2. The third-order valence-corrected chi connectivity index (χ3v) is 5.34. The first kappa shape index (κ1) is 20.3. The van der Waals surface area contributed by atoms with Crippen LogP contribution in [0.25, 0.3) is 0 Å². The molecule has 1 amide bonds. The SMILES string of the molecule is COc1ccc(S(=O)(=O)NCC(=O)Nc2c(Cl)cccc2Cl)cc1OC. The summed E-state index contributed by atoms with van der Waals surface area (Å²) in [6, 6.07) is 8.82. The Kier molecular flexibility index (Phi) is 6.71. The summed E-state index contributed by atoms with van der Waals surface area (Å²) in [5.74, 6) is 0.0179. The van der Waals surface area contributed by atoms with E-state index in [0.717, 1.165) is 0 Å². The lowest BCUT2D eigenvalue weighted by Gasteiger charge is -2.12. The average molecular weight is 419 g/mol. The normalized spacial score (nSPS) is 11.1. The van der Waals surface area contributed by atoms with Gasteiger partial charge in [-0.25, -0.2) is 13.1 Å². The molecule has 10 heteroatoms. The summed E-state index contributed by atoms with van der Waals surface area (Å²) >= 11 is 11.9. The number of methoxy groups -OCH3 is 2. The molecule has 26 heavy (non-hydrogen) atoms. The van der Waals surface area contributed by atoms with E-state index in [-0.39, 0.29) is 26.4 Å². The molecule has 0 aliphatic rings. The van der Waals surface area contributed by atoms with Crippen LogP contribution in [0.15, 0.2) is 41.3 Å².